The van der Waals surface area contributed by atoms with Crippen molar-refractivity contribution >= 4 is 11.7 Å². The fourth-order valence-corrected chi connectivity index (χ4v) is 1.31. The lowest BCUT2D eigenvalue weighted by Gasteiger charge is -2.22. The van der Waals surface area contributed by atoms with Crippen molar-refractivity contribution in [3.63, 3.8) is 0 Å². The van der Waals surface area contributed by atoms with Gasteiger partial charge in [0.15, 0.2) is 0 Å². The third-order valence-electron chi connectivity index (χ3n) is 2.09. The summed E-state index contributed by atoms with van der Waals surface area (Å²) in [7, 11) is 0. The number of likely N-dealkylation sites (N-methyl/N-ethyl adjacent to an activating group) is 1. The molecule has 1 atom stereocenters. The van der Waals surface area contributed by atoms with E-state index in [0.29, 0.717) is 18.8 Å². The maximum atomic E-state index is 11.8. The van der Waals surface area contributed by atoms with Gasteiger partial charge < -0.3 is 15.3 Å². The number of aliphatic hydroxyl groups is 1. The summed E-state index contributed by atoms with van der Waals surface area (Å²) in [6.07, 6.45) is 2.70. The van der Waals surface area contributed by atoms with Crippen molar-refractivity contribution in [2.24, 2.45) is 0 Å². The fraction of sp³-hybridized carbons (Fsp3) is 0.455. The number of carbonyl (C=O) groups is 1. The van der Waals surface area contributed by atoms with Gasteiger partial charge in [0.2, 0.25) is 0 Å². The van der Waals surface area contributed by atoms with Crippen molar-refractivity contribution in [2.45, 2.75) is 20.0 Å². The Bertz CT molecular complexity index is 327. The number of nitrogens with one attached hydrogen (secondary N) is 1. The Morgan fingerprint density at radius 3 is 2.69 bits per heavy atom. The zero-order valence-electron chi connectivity index (χ0n) is 9.55. The number of amides is 2. The quantitative estimate of drug-likeness (QED) is 0.809. The highest BCUT2D eigenvalue weighted by Crippen LogP contribution is 2.05. The highest BCUT2D eigenvalue weighted by atomic mass is 16.3. The maximum Gasteiger partial charge on any atom is 0.321 e. The molecule has 2 amide bonds. The molecule has 0 saturated heterocycles. The van der Waals surface area contributed by atoms with Gasteiger partial charge in [-0.2, -0.15) is 0 Å². The minimum absolute atomic E-state index is 0.213. The van der Waals surface area contributed by atoms with Gasteiger partial charge in [-0.1, -0.05) is 0 Å². The topological polar surface area (TPSA) is 65.5 Å². The van der Waals surface area contributed by atoms with E-state index in [-0.39, 0.29) is 6.03 Å². The first-order valence-electron chi connectivity index (χ1n) is 5.27. The average molecular weight is 223 g/mol. The standard InChI is InChI=1S/C11H17N3O2/c1-3-14(8-9(2)15)11(16)13-10-4-6-12-7-5-10/h4-7,9,15H,3,8H2,1-2H3,(H,12,13,16)/t9-/m1/s1. The SMILES string of the molecule is CCN(C[C@@H](C)O)C(=O)Nc1ccncc1. The van der Waals surface area contributed by atoms with Gasteiger partial charge in [0.25, 0.3) is 0 Å². The molecule has 5 heteroatoms. The first-order valence-corrected chi connectivity index (χ1v) is 5.27. The lowest BCUT2D eigenvalue weighted by Crippen LogP contribution is -2.39. The zero-order chi connectivity index (χ0) is 12.0. The van der Waals surface area contributed by atoms with E-state index in [1.807, 2.05) is 6.92 Å². The first kappa shape index (κ1) is 12.4. The number of anilines is 1. The number of carbonyl (C=O) groups excluding carboxylic acids is 1. The van der Waals surface area contributed by atoms with Crippen LogP contribution in [0, 0.1) is 0 Å². The average Bonchev–Trinajstić information content (AvgIpc) is 2.26. The molecule has 1 aromatic heterocycles. The fourth-order valence-electron chi connectivity index (χ4n) is 1.31. The molecule has 0 aromatic carbocycles. The molecule has 88 valence electrons. The van der Waals surface area contributed by atoms with Crippen LogP contribution in [0.4, 0.5) is 10.5 Å². The summed E-state index contributed by atoms with van der Waals surface area (Å²) in [5.74, 6) is 0. The molecule has 0 aliphatic rings. The first-order chi connectivity index (χ1) is 7.63. The summed E-state index contributed by atoms with van der Waals surface area (Å²) in [5, 5.41) is 12.0. The Balaban J connectivity index is 2.56. The Hall–Kier alpha value is -1.62. The largest absolute Gasteiger partial charge is 0.392 e. The third kappa shape index (κ3) is 3.86. The number of aliphatic hydroxyl groups excluding tert-OH is 1. The number of hydrogen-bond donors (Lipinski definition) is 2. The van der Waals surface area contributed by atoms with E-state index in [1.165, 1.54) is 0 Å². The number of hydrogen-bond acceptors (Lipinski definition) is 3. The molecule has 1 heterocycles. The minimum Gasteiger partial charge on any atom is -0.392 e. The normalized spacial score (nSPS) is 11.9. The molecule has 0 radical (unpaired) electrons. The molecule has 1 rings (SSSR count). The molecule has 2 N–H and O–H groups in total. The van der Waals surface area contributed by atoms with Gasteiger partial charge >= 0.3 is 6.03 Å². The molecule has 0 aliphatic carbocycles. The second-order valence-corrected chi connectivity index (χ2v) is 3.55. The zero-order valence-corrected chi connectivity index (χ0v) is 9.55. The van der Waals surface area contributed by atoms with E-state index in [2.05, 4.69) is 10.3 Å². The number of pyridine rings is 1. The maximum absolute atomic E-state index is 11.8. The molecule has 0 spiro atoms. The smallest absolute Gasteiger partial charge is 0.321 e. The summed E-state index contributed by atoms with van der Waals surface area (Å²) < 4.78 is 0. The van der Waals surface area contributed by atoms with Gasteiger partial charge in [-0.3, -0.25) is 4.98 Å². The van der Waals surface area contributed by atoms with E-state index >= 15 is 0 Å². The molecule has 0 saturated carbocycles. The van der Waals surface area contributed by atoms with Crippen molar-refractivity contribution in [1.82, 2.24) is 9.88 Å². The van der Waals surface area contributed by atoms with Crippen molar-refractivity contribution in [3.8, 4) is 0 Å². The monoisotopic (exact) mass is 223 g/mol. The molecule has 0 fully saturated rings. The molecule has 0 unspecified atom stereocenters. The predicted molar refractivity (Wildman–Crippen MR) is 62.2 cm³/mol. The Morgan fingerprint density at radius 2 is 2.19 bits per heavy atom. The Morgan fingerprint density at radius 1 is 1.56 bits per heavy atom. The molecule has 0 bridgehead atoms. The van der Waals surface area contributed by atoms with E-state index < -0.39 is 6.10 Å². The lowest BCUT2D eigenvalue weighted by molar-refractivity contribution is 0.141. The van der Waals surface area contributed by atoms with Crippen LogP contribution in [0.15, 0.2) is 24.5 Å². The van der Waals surface area contributed by atoms with Crippen molar-refractivity contribution in [1.29, 1.82) is 0 Å². The number of nitrogens with zero attached hydrogens (tertiary/aromatic N) is 2. The van der Waals surface area contributed by atoms with Crippen LogP contribution in [-0.4, -0.2) is 40.2 Å². The number of rotatable bonds is 4. The van der Waals surface area contributed by atoms with E-state index in [0.717, 1.165) is 0 Å². The third-order valence-corrected chi connectivity index (χ3v) is 2.09. The predicted octanol–water partition coefficient (Wildman–Crippen LogP) is 1.32. The summed E-state index contributed by atoms with van der Waals surface area (Å²) in [6.45, 7) is 4.41. The second-order valence-electron chi connectivity index (χ2n) is 3.55. The molecule has 1 aromatic rings. The summed E-state index contributed by atoms with van der Waals surface area (Å²) in [5.41, 5.74) is 0.698. The van der Waals surface area contributed by atoms with Crippen LogP contribution >= 0.6 is 0 Å². The van der Waals surface area contributed by atoms with Gasteiger partial charge in [0.05, 0.1) is 6.10 Å². The highest BCUT2D eigenvalue weighted by Gasteiger charge is 2.13. The molecular weight excluding hydrogens is 206 g/mol. The van der Waals surface area contributed by atoms with E-state index in [9.17, 15) is 9.90 Å². The lowest BCUT2D eigenvalue weighted by atomic mass is 10.3. The van der Waals surface area contributed by atoms with E-state index in [1.54, 1.807) is 36.4 Å². The highest BCUT2D eigenvalue weighted by molar-refractivity contribution is 5.89. The van der Waals surface area contributed by atoms with Crippen molar-refractivity contribution < 1.29 is 9.90 Å². The minimum atomic E-state index is -0.525. The van der Waals surface area contributed by atoms with Crippen molar-refractivity contribution in [2.75, 3.05) is 18.4 Å². The van der Waals surface area contributed by atoms with Crippen LogP contribution in [-0.2, 0) is 0 Å². The van der Waals surface area contributed by atoms with E-state index in [4.69, 9.17) is 0 Å². The van der Waals surface area contributed by atoms with Gasteiger partial charge in [-0.05, 0) is 26.0 Å². The van der Waals surface area contributed by atoms with Gasteiger partial charge in [0, 0.05) is 31.2 Å². The van der Waals surface area contributed by atoms with Crippen LogP contribution < -0.4 is 5.32 Å². The van der Waals surface area contributed by atoms with Crippen molar-refractivity contribution in [3.05, 3.63) is 24.5 Å². The second kappa shape index (κ2) is 6.07. The Labute approximate surface area is 95.1 Å². The summed E-state index contributed by atoms with van der Waals surface area (Å²) in [4.78, 5) is 17.2. The van der Waals surface area contributed by atoms with Crippen LogP contribution in [0.5, 0.6) is 0 Å². The molecular formula is C11H17N3O2. The molecule has 5 nitrogen and oxygen atoms in total. The Kier molecular flexibility index (Phi) is 4.72. The van der Waals surface area contributed by atoms with Crippen LogP contribution in [0.2, 0.25) is 0 Å². The van der Waals surface area contributed by atoms with Crippen LogP contribution in [0.25, 0.3) is 0 Å². The number of urea groups is 1. The van der Waals surface area contributed by atoms with Gasteiger partial charge in [0.1, 0.15) is 0 Å². The van der Waals surface area contributed by atoms with Crippen LogP contribution in [0.3, 0.4) is 0 Å². The molecule has 0 aliphatic heterocycles. The number of aromatic nitrogens is 1. The van der Waals surface area contributed by atoms with Gasteiger partial charge in [-0.25, -0.2) is 4.79 Å². The summed E-state index contributed by atoms with van der Waals surface area (Å²) >= 11 is 0. The summed E-state index contributed by atoms with van der Waals surface area (Å²) in [6, 6.07) is 3.22. The molecule has 16 heavy (non-hydrogen) atoms. The van der Waals surface area contributed by atoms with Crippen LogP contribution in [0.1, 0.15) is 13.8 Å². The van der Waals surface area contributed by atoms with Gasteiger partial charge in [-0.15, -0.1) is 0 Å².